The van der Waals surface area contributed by atoms with Crippen molar-refractivity contribution in [2.45, 2.75) is 39.7 Å². The van der Waals surface area contributed by atoms with Crippen LogP contribution in [0.3, 0.4) is 0 Å². The zero-order valence-corrected chi connectivity index (χ0v) is 13.3. The fourth-order valence-electron chi connectivity index (χ4n) is 1.74. The highest BCUT2D eigenvalue weighted by atomic mass is 35.5. The van der Waals surface area contributed by atoms with Crippen molar-refractivity contribution in [3.8, 4) is 0 Å². The van der Waals surface area contributed by atoms with Gasteiger partial charge in [-0.05, 0) is 30.7 Å². The van der Waals surface area contributed by atoms with Gasteiger partial charge >= 0.3 is 0 Å². The quantitative estimate of drug-likeness (QED) is 0.860. The number of hydrogen-bond donors (Lipinski definition) is 1. The second kappa shape index (κ2) is 5.51. The summed E-state index contributed by atoms with van der Waals surface area (Å²) in [5.74, 6) is 0. The summed E-state index contributed by atoms with van der Waals surface area (Å²) < 4.78 is 0. The van der Waals surface area contributed by atoms with Crippen molar-refractivity contribution in [3.05, 3.63) is 44.9 Å². The minimum atomic E-state index is 0.124. The van der Waals surface area contributed by atoms with Crippen molar-refractivity contribution < 1.29 is 0 Å². The zero-order valence-electron chi connectivity index (χ0n) is 11.7. The largest absolute Gasteiger partial charge is 0.379 e. The smallest absolute Gasteiger partial charge is 0.0982 e. The fourth-order valence-corrected chi connectivity index (χ4v) is 2.88. The summed E-state index contributed by atoms with van der Waals surface area (Å²) in [5.41, 5.74) is 3.47. The van der Waals surface area contributed by atoms with Gasteiger partial charge in [0.25, 0.3) is 0 Å². The van der Waals surface area contributed by atoms with Crippen LogP contribution in [0.4, 0.5) is 5.69 Å². The van der Waals surface area contributed by atoms with E-state index in [9.17, 15) is 0 Å². The van der Waals surface area contributed by atoms with Crippen molar-refractivity contribution >= 4 is 28.6 Å². The Bertz CT molecular complexity index is 570. The third kappa shape index (κ3) is 3.71. The van der Waals surface area contributed by atoms with Crippen molar-refractivity contribution in [2.24, 2.45) is 0 Å². The molecule has 0 amide bonds. The number of benzene rings is 1. The van der Waals surface area contributed by atoms with E-state index in [0.717, 1.165) is 28.5 Å². The number of nitrogens with zero attached hydrogens (tertiary/aromatic N) is 1. The average Bonchev–Trinajstić information content (AvgIpc) is 2.76. The molecule has 19 heavy (non-hydrogen) atoms. The highest BCUT2D eigenvalue weighted by Crippen LogP contribution is 2.26. The van der Waals surface area contributed by atoms with E-state index >= 15 is 0 Å². The monoisotopic (exact) mass is 294 g/mol. The molecule has 0 spiro atoms. The summed E-state index contributed by atoms with van der Waals surface area (Å²) in [6, 6.07) is 5.87. The summed E-state index contributed by atoms with van der Waals surface area (Å²) in [4.78, 5) is 4.67. The Morgan fingerprint density at radius 3 is 2.63 bits per heavy atom. The molecule has 1 N–H and O–H groups in total. The summed E-state index contributed by atoms with van der Waals surface area (Å²) in [6.45, 7) is 9.36. The molecule has 2 rings (SSSR count). The minimum absolute atomic E-state index is 0.124. The predicted molar refractivity (Wildman–Crippen MR) is 84.3 cm³/mol. The van der Waals surface area contributed by atoms with Crippen LogP contribution in [-0.2, 0) is 12.0 Å². The third-order valence-corrected chi connectivity index (χ3v) is 4.39. The summed E-state index contributed by atoms with van der Waals surface area (Å²) in [5, 5.41) is 7.48. The standard InChI is InChI=1S/C15H19ClN2S/c1-10-7-11(16)5-6-13(10)17-8-12-9-19-14(18-12)15(2,3)4/h5-7,9,17H,8H2,1-4H3. The Morgan fingerprint density at radius 2 is 2.05 bits per heavy atom. The van der Waals surface area contributed by atoms with Gasteiger partial charge in [-0.1, -0.05) is 32.4 Å². The number of thiazole rings is 1. The summed E-state index contributed by atoms with van der Waals surface area (Å²) >= 11 is 7.68. The van der Waals surface area contributed by atoms with Crippen LogP contribution in [0.15, 0.2) is 23.6 Å². The van der Waals surface area contributed by atoms with Crippen LogP contribution in [0.25, 0.3) is 0 Å². The molecule has 0 aliphatic heterocycles. The topological polar surface area (TPSA) is 24.9 Å². The van der Waals surface area contributed by atoms with Gasteiger partial charge in [0.05, 0.1) is 17.2 Å². The van der Waals surface area contributed by atoms with Crippen molar-refractivity contribution in [1.82, 2.24) is 4.98 Å². The van der Waals surface area contributed by atoms with Crippen LogP contribution in [0.5, 0.6) is 0 Å². The molecule has 0 saturated heterocycles. The Morgan fingerprint density at radius 1 is 1.32 bits per heavy atom. The van der Waals surface area contributed by atoms with E-state index in [4.69, 9.17) is 11.6 Å². The van der Waals surface area contributed by atoms with E-state index in [0.29, 0.717) is 0 Å². The highest BCUT2D eigenvalue weighted by molar-refractivity contribution is 7.09. The van der Waals surface area contributed by atoms with Crippen LogP contribution in [-0.4, -0.2) is 4.98 Å². The van der Waals surface area contributed by atoms with Gasteiger partial charge in [-0.2, -0.15) is 0 Å². The van der Waals surface area contributed by atoms with Gasteiger partial charge in [0, 0.05) is 21.5 Å². The van der Waals surface area contributed by atoms with E-state index in [1.165, 1.54) is 5.01 Å². The molecule has 1 aromatic heterocycles. The molecule has 102 valence electrons. The molecular formula is C15H19ClN2S. The van der Waals surface area contributed by atoms with E-state index in [1.807, 2.05) is 18.2 Å². The van der Waals surface area contributed by atoms with Gasteiger partial charge in [0.2, 0.25) is 0 Å². The van der Waals surface area contributed by atoms with Crippen LogP contribution in [0.2, 0.25) is 5.02 Å². The molecule has 0 saturated carbocycles. The van der Waals surface area contributed by atoms with Gasteiger partial charge in [0.1, 0.15) is 0 Å². The molecule has 0 fully saturated rings. The molecule has 4 heteroatoms. The maximum Gasteiger partial charge on any atom is 0.0982 e. The fraction of sp³-hybridized carbons (Fsp3) is 0.400. The van der Waals surface area contributed by atoms with Crippen LogP contribution >= 0.6 is 22.9 Å². The van der Waals surface area contributed by atoms with Gasteiger partial charge in [-0.25, -0.2) is 4.98 Å². The molecule has 0 unspecified atom stereocenters. The molecule has 1 aromatic carbocycles. The van der Waals surface area contributed by atoms with Gasteiger partial charge in [0.15, 0.2) is 0 Å². The maximum atomic E-state index is 5.95. The number of anilines is 1. The Labute approximate surface area is 123 Å². The molecule has 2 nitrogen and oxygen atoms in total. The molecule has 0 aliphatic rings. The lowest BCUT2D eigenvalue weighted by atomic mass is 9.98. The number of hydrogen-bond acceptors (Lipinski definition) is 3. The first-order chi connectivity index (χ1) is 8.86. The van der Waals surface area contributed by atoms with Crippen molar-refractivity contribution in [3.63, 3.8) is 0 Å². The Kier molecular flexibility index (Phi) is 4.16. The first-order valence-electron chi connectivity index (χ1n) is 6.31. The van der Waals surface area contributed by atoms with Crippen molar-refractivity contribution in [1.29, 1.82) is 0 Å². The number of halogens is 1. The molecule has 0 aliphatic carbocycles. The number of aryl methyl sites for hydroxylation is 1. The SMILES string of the molecule is Cc1cc(Cl)ccc1NCc1csc(C(C)(C)C)n1. The molecule has 0 bridgehead atoms. The van der Waals surface area contributed by atoms with E-state index in [1.54, 1.807) is 11.3 Å². The second-order valence-electron chi connectivity index (χ2n) is 5.71. The first kappa shape index (κ1) is 14.4. The van der Waals surface area contributed by atoms with Gasteiger partial charge in [-0.3, -0.25) is 0 Å². The van der Waals surface area contributed by atoms with Crippen LogP contribution in [0.1, 0.15) is 37.0 Å². The van der Waals surface area contributed by atoms with E-state index < -0.39 is 0 Å². The van der Waals surface area contributed by atoms with E-state index in [-0.39, 0.29) is 5.41 Å². The lowest BCUT2D eigenvalue weighted by Gasteiger charge is -2.13. The second-order valence-corrected chi connectivity index (χ2v) is 7.00. The minimum Gasteiger partial charge on any atom is -0.379 e. The predicted octanol–water partition coefficient (Wildman–Crippen LogP) is 5.01. The lowest BCUT2D eigenvalue weighted by Crippen LogP contribution is -2.11. The van der Waals surface area contributed by atoms with Crippen LogP contribution in [0, 0.1) is 6.92 Å². The van der Waals surface area contributed by atoms with Crippen molar-refractivity contribution in [2.75, 3.05) is 5.32 Å². The molecule has 0 radical (unpaired) electrons. The molecular weight excluding hydrogens is 276 g/mol. The molecule has 2 aromatic rings. The lowest BCUT2D eigenvalue weighted by molar-refractivity contribution is 0.583. The summed E-state index contributed by atoms with van der Waals surface area (Å²) in [6.07, 6.45) is 0. The number of nitrogens with one attached hydrogen (secondary N) is 1. The van der Waals surface area contributed by atoms with Crippen LogP contribution < -0.4 is 5.32 Å². The normalized spacial score (nSPS) is 11.6. The molecule has 1 heterocycles. The highest BCUT2D eigenvalue weighted by Gasteiger charge is 2.17. The zero-order chi connectivity index (χ0) is 14.0. The Balaban J connectivity index is 2.04. The molecule has 0 atom stereocenters. The summed E-state index contributed by atoms with van der Waals surface area (Å²) in [7, 11) is 0. The number of aromatic nitrogens is 1. The number of rotatable bonds is 3. The van der Waals surface area contributed by atoms with Gasteiger partial charge in [-0.15, -0.1) is 11.3 Å². The third-order valence-electron chi connectivity index (χ3n) is 2.84. The van der Waals surface area contributed by atoms with Gasteiger partial charge < -0.3 is 5.32 Å². The average molecular weight is 295 g/mol. The first-order valence-corrected chi connectivity index (χ1v) is 7.57. The maximum absolute atomic E-state index is 5.95. The van der Waals surface area contributed by atoms with E-state index in [2.05, 4.69) is 43.4 Å². The Hall–Kier alpha value is -1.06.